The first-order chi connectivity index (χ1) is 11.6. The van der Waals surface area contributed by atoms with E-state index in [4.69, 9.17) is 4.74 Å². The lowest BCUT2D eigenvalue weighted by Crippen LogP contribution is -2.33. The van der Waals surface area contributed by atoms with Gasteiger partial charge in [0, 0.05) is 40.8 Å². The van der Waals surface area contributed by atoms with Crippen molar-refractivity contribution in [1.82, 2.24) is 5.32 Å². The number of amides is 2. The van der Waals surface area contributed by atoms with Crippen molar-refractivity contribution in [2.75, 3.05) is 24.7 Å². The standard InChI is InChI=1S/C18H22N2O3S/c1-3-23-17(14-7-5-4-6-8-14)13-19-18(21)20-15-9-11-16(12-10-15)24(2)22/h4-12,17H,3,13H2,1-2H3,(H2,19,20,21)/t17-,24-/m1/s1. The third-order valence-electron chi connectivity index (χ3n) is 3.43. The summed E-state index contributed by atoms with van der Waals surface area (Å²) in [4.78, 5) is 12.8. The molecule has 5 nitrogen and oxygen atoms in total. The van der Waals surface area contributed by atoms with Gasteiger partial charge in [-0.15, -0.1) is 0 Å². The maximum atomic E-state index is 12.0. The van der Waals surface area contributed by atoms with Crippen LogP contribution in [0, 0.1) is 0 Å². The molecule has 2 atom stereocenters. The molecule has 0 saturated heterocycles. The van der Waals surface area contributed by atoms with Crippen LogP contribution in [0.2, 0.25) is 0 Å². The van der Waals surface area contributed by atoms with E-state index < -0.39 is 10.8 Å². The molecular formula is C18H22N2O3S. The third-order valence-corrected chi connectivity index (χ3v) is 4.37. The van der Waals surface area contributed by atoms with Gasteiger partial charge in [0.05, 0.1) is 6.10 Å². The predicted molar refractivity (Wildman–Crippen MR) is 96.6 cm³/mol. The highest BCUT2D eigenvalue weighted by molar-refractivity contribution is 7.84. The van der Waals surface area contributed by atoms with Crippen LogP contribution in [0.25, 0.3) is 0 Å². The Kier molecular flexibility index (Phi) is 6.96. The van der Waals surface area contributed by atoms with E-state index in [9.17, 15) is 9.00 Å². The first kappa shape index (κ1) is 18.2. The molecule has 2 aromatic carbocycles. The summed E-state index contributed by atoms with van der Waals surface area (Å²) in [5.74, 6) is 0. The first-order valence-corrected chi connectivity index (χ1v) is 9.31. The van der Waals surface area contributed by atoms with Crippen molar-refractivity contribution in [3.63, 3.8) is 0 Å². The van der Waals surface area contributed by atoms with Crippen LogP contribution in [-0.4, -0.2) is 29.6 Å². The molecule has 0 aliphatic heterocycles. The molecule has 0 unspecified atom stereocenters. The van der Waals surface area contributed by atoms with Crippen LogP contribution in [0.1, 0.15) is 18.6 Å². The van der Waals surface area contributed by atoms with Gasteiger partial charge in [-0.3, -0.25) is 4.21 Å². The summed E-state index contributed by atoms with van der Waals surface area (Å²) in [6.07, 6.45) is 1.43. The van der Waals surface area contributed by atoms with E-state index in [0.717, 1.165) is 10.5 Å². The number of benzene rings is 2. The monoisotopic (exact) mass is 346 g/mol. The first-order valence-electron chi connectivity index (χ1n) is 7.75. The molecule has 0 aliphatic rings. The van der Waals surface area contributed by atoms with E-state index in [0.29, 0.717) is 18.8 Å². The Morgan fingerprint density at radius 3 is 2.38 bits per heavy atom. The number of rotatable bonds is 7. The van der Waals surface area contributed by atoms with Gasteiger partial charge in [-0.05, 0) is 36.8 Å². The van der Waals surface area contributed by atoms with Crippen LogP contribution >= 0.6 is 0 Å². The van der Waals surface area contributed by atoms with Crippen molar-refractivity contribution in [3.8, 4) is 0 Å². The number of hydrogen-bond acceptors (Lipinski definition) is 3. The SMILES string of the molecule is CCO[C@H](CNC(=O)Nc1ccc([S@@](C)=O)cc1)c1ccccc1. The van der Waals surface area contributed by atoms with Crippen molar-refractivity contribution < 1.29 is 13.7 Å². The second-order valence-electron chi connectivity index (χ2n) is 5.17. The molecule has 0 spiro atoms. The fourth-order valence-electron chi connectivity index (χ4n) is 2.23. The van der Waals surface area contributed by atoms with Crippen LogP contribution in [-0.2, 0) is 15.5 Å². The Balaban J connectivity index is 1.90. The van der Waals surface area contributed by atoms with Gasteiger partial charge in [0.2, 0.25) is 0 Å². The summed E-state index contributed by atoms with van der Waals surface area (Å²) in [5.41, 5.74) is 1.67. The van der Waals surface area contributed by atoms with Crippen molar-refractivity contribution in [2.24, 2.45) is 0 Å². The van der Waals surface area contributed by atoms with Gasteiger partial charge in [0.1, 0.15) is 0 Å². The molecule has 24 heavy (non-hydrogen) atoms. The molecule has 0 aromatic heterocycles. The molecule has 0 bridgehead atoms. The highest BCUT2D eigenvalue weighted by Gasteiger charge is 2.12. The van der Waals surface area contributed by atoms with Gasteiger partial charge in [0.25, 0.3) is 0 Å². The number of carbonyl (C=O) groups is 1. The molecule has 0 fully saturated rings. The maximum absolute atomic E-state index is 12.0. The van der Waals surface area contributed by atoms with E-state index in [1.165, 1.54) is 0 Å². The van der Waals surface area contributed by atoms with E-state index in [-0.39, 0.29) is 12.1 Å². The van der Waals surface area contributed by atoms with Gasteiger partial charge >= 0.3 is 6.03 Å². The Hall–Kier alpha value is -2.18. The normalized spacial score (nSPS) is 13.1. The van der Waals surface area contributed by atoms with Gasteiger partial charge in [-0.2, -0.15) is 0 Å². The zero-order chi connectivity index (χ0) is 17.4. The zero-order valence-electron chi connectivity index (χ0n) is 13.8. The van der Waals surface area contributed by atoms with E-state index in [1.54, 1.807) is 30.5 Å². The van der Waals surface area contributed by atoms with E-state index in [1.807, 2.05) is 37.3 Å². The Labute approximate surface area is 144 Å². The molecule has 0 heterocycles. The smallest absolute Gasteiger partial charge is 0.319 e. The Morgan fingerprint density at radius 1 is 1.12 bits per heavy atom. The fraction of sp³-hybridized carbons (Fsp3) is 0.278. The highest BCUT2D eigenvalue weighted by Crippen LogP contribution is 2.16. The van der Waals surface area contributed by atoms with Crippen LogP contribution in [0.4, 0.5) is 10.5 Å². The maximum Gasteiger partial charge on any atom is 0.319 e. The van der Waals surface area contributed by atoms with Gasteiger partial charge < -0.3 is 15.4 Å². The average Bonchev–Trinajstić information content (AvgIpc) is 2.60. The largest absolute Gasteiger partial charge is 0.372 e. The number of hydrogen-bond donors (Lipinski definition) is 2. The van der Waals surface area contributed by atoms with Crippen LogP contribution in [0.5, 0.6) is 0 Å². The minimum absolute atomic E-state index is 0.188. The molecule has 2 aromatic rings. The molecular weight excluding hydrogens is 324 g/mol. The minimum atomic E-state index is -1.03. The Bertz CT molecular complexity index is 674. The molecule has 6 heteroatoms. The van der Waals surface area contributed by atoms with Crippen molar-refractivity contribution in [1.29, 1.82) is 0 Å². The second-order valence-corrected chi connectivity index (χ2v) is 6.55. The molecule has 2 amide bonds. The second kappa shape index (κ2) is 9.20. The zero-order valence-corrected chi connectivity index (χ0v) is 14.6. The number of nitrogens with one attached hydrogen (secondary N) is 2. The van der Waals surface area contributed by atoms with Crippen LogP contribution in [0.15, 0.2) is 59.5 Å². The summed E-state index contributed by atoms with van der Waals surface area (Å²) >= 11 is 0. The summed E-state index contributed by atoms with van der Waals surface area (Å²) in [6, 6.07) is 16.4. The van der Waals surface area contributed by atoms with Crippen molar-refractivity contribution in [3.05, 3.63) is 60.2 Å². The number of urea groups is 1. The van der Waals surface area contributed by atoms with Crippen molar-refractivity contribution >= 4 is 22.5 Å². The average molecular weight is 346 g/mol. The molecule has 0 saturated carbocycles. The predicted octanol–water partition coefficient (Wildman–Crippen LogP) is 3.32. The Morgan fingerprint density at radius 2 is 1.79 bits per heavy atom. The molecule has 0 radical (unpaired) electrons. The fourth-order valence-corrected chi connectivity index (χ4v) is 2.75. The summed E-state index contributed by atoms with van der Waals surface area (Å²) in [6.45, 7) is 2.87. The van der Waals surface area contributed by atoms with Gasteiger partial charge in [0.15, 0.2) is 0 Å². The van der Waals surface area contributed by atoms with Gasteiger partial charge in [-0.1, -0.05) is 30.3 Å². The minimum Gasteiger partial charge on any atom is -0.372 e. The molecule has 2 rings (SSSR count). The lowest BCUT2D eigenvalue weighted by Gasteiger charge is -2.18. The topological polar surface area (TPSA) is 67.4 Å². The summed E-state index contributed by atoms with van der Waals surface area (Å²) in [5, 5.41) is 5.57. The quantitative estimate of drug-likeness (QED) is 0.808. The number of carbonyl (C=O) groups excluding carboxylic acids is 1. The summed E-state index contributed by atoms with van der Waals surface area (Å²) < 4.78 is 17.0. The van der Waals surface area contributed by atoms with Gasteiger partial charge in [-0.25, -0.2) is 4.79 Å². The van der Waals surface area contributed by atoms with Crippen LogP contribution < -0.4 is 10.6 Å². The summed E-state index contributed by atoms with van der Waals surface area (Å²) in [7, 11) is -1.03. The molecule has 2 N–H and O–H groups in total. The molecule has 0 aliphatic carbocycles. The number of anilines is 1. The number of ether oxygens (including phenoxy) is 1. The van der Waals surface area contributed by atoms with E-state index in [2.05, 4.69) is 10.6 Å². The third kappa shape index (κ3) is 5.47. The lowest BCUT2D eigenvalue weighted by atomic mass is 10.1. The van der Waals surface area contributed by atoms with E-state index >= 15 is 0 Å². The highest BCUT2D eigenvalue weighted by atomic mass is 32.2. The van der Waals surface area contributed by atoms with Crippen molar-refractivity contribution in [2.45, 2.75) is 17.9 Å². The van der Waals surface area contributed by atoms with Crippen LogP contribution in [0.3, 0.4) is 0 Å². The lowest BCUT2D eigenvalue weighted by molar-refractivity contribution is 0.0643. The molecule has 128 valence electrons.